The lowest BCUT2D eigenvalue weighted by Gasteiger charge is -2.55. The molecule has 2 unspecified atom stereocenters. The summed E-state index contributed by atoms with van der Waals surface area (Å²) < 4.78 is 0. The molecular formula is C19H28N2O2. The second-order valence-corrected chi connectivity index (χ2v) is 7.57. The van der Waals surface area contributed by atoms with Crippen LogP contribution < -0.4 is 5.32 Å². The molecule has 4 heteroatoms. The maximum Gasteiger partial charge on any atom is 0.251 e. The minimum Gasteiger partial charge on any atom is -0.339 e. The molecule has 2 amide bonds. The molecule has 0 bridgehead atoms. The van der Waals surface area contributed by atoms with Crippen LogP contribution in [-0.4, -0.2) is 28.8 Å². The molecule has 23 heavy (non-hydrogen) atoms. The molecule has 1 heterocycles. The molecule has 4 nitrogen and oxygen atoms in total. The standard InChI is InChI=1S/C19H28N2O2/c1-6-7-13-21-15(14-11-9-8-10-12-14)19(5,17(21)23)20-16(22)18(2,3)4/h8-12,15H,6-7,13H2,1-5H3,(H,20,22). The first kappa shape index (κ1) is 17.5. The third-order valence-electron chi connectivity index (χ3n) is 4.49. The third-order valence-corrected chi connectivity index (χ3v) is 4.49. The zero-order valence-corrected chi connectivity index (χ0v) is 14.8. The Morgan fingerprint density at radius 1 is 1.26 bits per heavy atom. The Kier molecular flexibility index (Phi) is 4.83. The SMILES string of the molecule is CCCCN1C(=O)C(C)(NC(=O)C(C)(C)C)C1c1ccccc1. The smallest absolute Gasteiger partial charge is 0.251 e. The molecule has 1 fully saturated rings. The summed E-state index contributed by atoms with van der Waals surface area (Å²) in [6.45, 7) is 10.3. The van der Waals surface area contributed by atoms with Crippen LogP contribution in [0.25, 0.3) is 0 Å². The number of nitrogens with one attached hydrogen (secondary N) is 1. The topological polar surface area (TPSA) is 49.4 Å². The van der Waals surface area contributed by atoms with Crippen LogP contribution in [0.2, 0.25) is 0 Å². The predicted molar refractivity (Wildman–Crippen MR) is 91.8 cm³/mol. The number of β-lactam (4-membered cyclic amide) rings is 1. The van der Waals surface area contributed by atoms with Gasteiger partial charge in [0.05, 0.1) is 6.04 Å². The second-order valence-electron chi connectivity index (χ2n) is 7.57. The third kappa shape index (κ3) is 3.26. The van der Waals surface area contributed by atoms with Gasteiger partial charge in [0.1, 0.15) is 5.54 Å². The van der Waals surface area contributed by atoms with Gasteiger partial charge in [-0.1, -0.05) is 64.4 Å². The number of carbonyl (C=O) groups is 2. The number of rotatable bonds is 5. The Morgan fingerprint density at radius 3 is 2.39 bits per heavy atom. The zero-order valence-electron chi connectivity index (χ0n) is 14.8. The van der Waals surface area contributed by atoms with E-state index in [0.29, 0.717) is 0 Å². The molecule has 1 saturated heterocycles. The van der Waals surface area contributed by atoms with Crippen LogP contribution in [0.4, 0.5) is 0 Å². The molecule has 0 aliphatic carbocycles. The molecule has 0 aromatic heterocycles. The van der Waals surface area contributed by atoms with Crippen molar-refractivity contribution in [1.29, 1.82) is 0 Å². The first-order valence-electron chi connectivity index (χ1n) is 8.40. The first-order chi connectivity index (χ1) is 10.7. The van der Waals surface area contributed by atoms with Gasteiger partial charge in [0.15, 0.2) is 0 Å². The van der Waals surface area contributed by atoms with E-state index in [1.807, 2.05) is 62.9 Å². The van der Waals surface area contributed by atoms with E-state index in [-0.39, 0.29) is 17.9 Å². The van der Waals surface area contributed by atoms with E-state index in [1.165, 1.54) is 0 Å². The monoisotopic (exact) mass is 316 g/mol. The lowest BCUT2D eigenvalue weighted by Crippen LogP contribution is -2.74. The Morgan fingerprint density at radius 2 is 1.87 bits per heavy atom. The average molecular weight is 316 g/mol. The summed E-state index contributed by atoms with van der Waals surface area (Å²) in [6, 6.07) is 9.86. The molecule has 2 atom stereocenters. The summed E-state index contributed by atoms with van der Waals surface area (Å²) in [5.41, 5.74) is -0.312. The Bertz CT molecular complexity index is 577. The summed E-state index contributed by atoms with van der Waals surface area (Å²) in [4.78, 5) is 27.1. The molecule has 0 radical (unpaired) electrons. The van der Waals surface area contributed by atoms with Crippen molar-refractivity contribution < 1.29 is 9.59 Å². The molecule has 1 aromatic carbocycles. The summed E-state index contributed by atoms with van der Waals surface area (Å²) in [6.07, 6.45) is 2.01. The maximum absolute atomic E-state index is 12.7. The Hall–Kier alpha value is -1.84. The van der Waals surface area contributed by atoms with Crippen LogP contribution in [-0.2, 0) is 9.59 Å². The zero-order chi connectivity index (χ0) is 17.3. The molecule has 0 saturated carbocycles. The van der Waals surface area contributed by atoms with E-state index in [9.17, 15) is 9.59 Å². The quantitative estimate of drug-likeness (QED) is 0.847. The normalized spacial score (nSPS) is 24.3. The number of benzene rings is 1. The van der Waals surface area contributed by atoms with E-state index in [2.05, 4.69) is 12.2 Å². The van der Waals surface area contributed by atoms with Gasteiger partial charge < -0.3 is 10.2 Å². The van der Waals surface area contributed by atoms with Gasteiger partial charge in [-0.15, -0.1) is 0 Å². The van der Waals surface area contributed by atoms with E-state index in [1.54, 1.807) is 0 Å². The Balaban J connectivity index is 2.30. The molecule has 126 valence electrons. The molecule has 1 N–H and O–H groups in total. The van der Waals surface area contributed by atoms with Gasteiger partial charge in [0.25, 0.3) is 5.91 Å². The van der Waals surface area contributed by atoms with Crippen molar-refractivity contribution in [2.45, 2.75) is 59.0 Å². The minimum atomic E-state index is -0.862. The Labute approximate surface area is 139 Å². The van der Waals surface area contributed by atoms with Crippen molar-refractivity contribution in [3.63, 3.8) is 0 Å². The van der Waals surface area contributed by atoms with Crippen molar-refractivity contribution in [2.24, 2.45) is 5.41 Å². The number of carbonyl (C=O) groups excluding carboxylic acids is 2. The highest BCUT2D eigenvalue weighted by Gasteiger charge is 2.59. The van der Waals surface area contributed by atoms with Crippen LogP contribution in [0.1, 0.15) is 59.1 Å². The number of nitrogens with zero attached hydrogens (tertiary/aromatic N) is 1. The van der Waals surface area contributed by atoms with Crippen molar-refractivity contribution in [2.75, 3.05) is 6.54 Å². The van der Waals surface area contributed by atoms with Crippen molar-refractivity contribution in [1.82, 2.24) is 10.2 Å². The summed E-state index contributed by atoms with van der Waals surface area (Å²) in [5.74, 6) is -0.0816. The molecule has 2 rings (SSSR count). The maximum atomic E-state index is 12.7. The molecule has 1 aromatic rings. The number of amides is 2. The average Bonchev–Trinajstić information content (AvgIpc) is 2.50. The highest BCUT2D eigenvalue weighted by molar-refractivity contribution is 5.98. The fraction of sp³-hybridized carbons (Fsp3) is 0.579. The molecule has 1 aliphatic heterocycles. The largest absolute Gasteiger partial charge is 0.339 e. The highest BCUT2D eigenvalue weighted by Crippen LogP contribution is 2.43. The highest BCUT2D eigenvalue weighted by atomic mass is 16.2. The van der Waals surface area contributed by atoms with Crippen LogP contribution in [0.3, 0.4) is 0 Å². The lowest BCUT2D eigenvalue weighted by atomic mass is 9.75. The summed E-state index contributed by atoms with van der Waals surface area (Å²) in [5, 5.41) is 3.01. The van der Waals surface area contributed by atoms with Crippen molar-refractivity contribution in [3.8, 4) is 0 Å². The van der Waals surface area contributed by atoms with Gasteiger partial charge in [-0.25, -0.2) is 0 Å². The van der Waals surface area contributed by atoms with Crippen molar-refractivity contribution in [3.05, 3.63) is 35.9 Å². The van der Waals surface area contributed by atoms with Crippen LogP contribution in [0.5, 0.6) is 0 Å². The molecule has 0 spiro atoms. The van der Waals surface area contributed by atoms with E-state index < -0.39 is 11.0 Å². The van der Waals surface area contributed by atoms with Gasteiger partial charge >= 0.3 is 0 Å². The number of hydrogen-bond donors (Lipinski definition) is 1. The number of unbranched alkanes of at least 4 members (excludes halogenated alkanes) is 1. The van der Waals surface area contributed by atoms with Gasteiger partial charge in [0, 0.05) is 12.0 Å². The molecule has 1 aliphatic rings. The van der Waals surface area contributed by atoms with Crippen molar-refractivity contribution >= 4 is 11.8 Å². The number of hydrogen-bond acceptors (Lipinski definition) is 2. The summed E-state index contributed by atoms with van der Waals surface area (Å²) in [7, 11) is 0. The lowest BCUT2D eigenvalue weighted by molar-refractivity contribution is -0.166. The molecular weight excluding hydrogens is 288 g/mol. The fourth-order valence-electron chi connectivity index (χ4n) is 3.03. The van der Waals surface area contributed by atoms with Crippen LogP contribution in [0, 0.1) is 5.41 Å². The first-order valence-corrected chi connectivity index (χ1v) is 8.40. The van der Waals surface area contributed by atoms with Gasteiger partial charge in [0.2, 0.25) is 5.91 Å². The van der Waals surface area contributed by atoms with Gasteiger partial charge in [-0.05, 0) is 18.9 Å². The van der Waals surface area contributed by atoms with Gasteiger partial charge in [-0.2, -0.15) is 0 Å². The van der Waals surface area contributed by atoms with E-state index >= 15 is 0 Å². The predicted octanol–water partition coefficient (Wildman–Crippen LogP) is 3.29. The second kappa shape index (κ2) is 6.34. The number of likely N-dealkylation sites (tertiary alicyclic amines) is 1. The van der Waals surface area contributed by atoms with Crippen LogP contribution in [0.15, 0.2) is 30.3 Å². The minimum absolute atomic E-state index is 0.0115. The van der Waals surface area contributed by atoms with E-state index in [4.69, 9.17) is 0 Å². The van der Waals surface area contributed by atoms with Crippen LogP contribution >= 0.6 is 0 Å². The summed E-state index contributed by atoms with van der Waals surface area (Å²) >= 11 is 0. The van der Waals surface area contributed by atoms with Gasteiger partial charge in [-0.3, -0.25) is 9.59 Å². The fourth-order valence-corrected chi connectivity index (χ4v) is 3.03. The van der Waals surface area contributed by atoms with E-state index in [0.717, 1.165) is 24.9 Å².